The summed E-state index contributed by atoms with van der Waals surface area (Å²) in [4.78, 5) is 12.0. The van der Waals surface area contributed by atoms with Crippen molar-refractivity contribution in [1.29, 1.82) is 0 Å². The van der Waals surface area contributed by atoms with Gasteiger partial charge in [-0.15, -0.1) is 0 Å². The van der Waals surface area contributed by atoms with Crippen molar-refractivity contribution in [2.45, 2.75) is 45.3 Å². The first-order valence-corrected chi connectivity index (χ1v) is 8.19. The van der Waals surface area contributed by atoms with E-state index in [1.165, 1.54) is 0 Å². The molecule has 0 bridgehead atoms. The van der Waals surface area contributed by atoms with Crippen LogP contribution in [0.3, 0.4) is 0 Å². The van der Waals surface area contributed by atoms with Gasteiger partial charge in [0.1, 0.15) is 5.60 Å². The van der Waals surface area contributed by atoms with Crippen LogP contribution in [-0.4, -0.2) is 30.8 Å². The molecule has 1 saturated heterocycles. The average Bonchev–Trinajstić information content (AvgIpc) is 2.97. The summed E-state index contributed by atoms with van der Waals surface area (Å²) in [5.41, 5.74) is 0.448. The van der Waals surface area contributed by atoms with Crippen LogP contribution in [0.25, 0.3) is 0 Å². The Bertz CT molecular complexity index is 561. The fourth-order valence-electron chi connectivity index (χ4n) is 2.54. The lowest BCUT2D eigenvalue weighted by Gasteiger charge is -2.22. The molecule has 1 fully saturated rings. The molecule has 0 aliphatic carbocycles. The number of hydrogen-bond donors (Lipinski definition) is 2. The third-order valence-corrected chi connectivity index (χ3v) is 3.59. The van der Waals surface area contributed by atoms with Crippen molar-refractivity contribution in [3.63, 3.8) is 0 Å². The number of hydrogen-bond acceptors (Lipinski definition) is 3. The highest BCUT2D eigenvalue weighted by Gasteiger charge is 2.22. The van der Waals surface area contributed by atoms with E-state index < -0.39 is 11.7 Å². The van der Waals surface area contributed by atoms with Crippen molar-refractivity contribution in [2.24, 2.45) is 5.92 Å². The number of benzene rings is 1. The third kappa shape index (κ3) is 6.75. The van der Waals surface area contributed by atoms with Gasteiger partial charge in [-0.3, -0.25) is 0 Å². The molecule has 2 atom stereocenters. The molecule has 2 rings (SSSR count). The molecule has 1 heterocycles. The Hall–Kier alpha value is -1.99. The number of ether oxygens (including phenoxy) is 1. The van der Waals surface area contributed by atoms with Gasteiger partial charge in [-0.2, -0.15) is 0 Å². The van der Waals surface area contributed by atoms with Gasteiger partial charge in [-0.1, -0.05) is 30.0 Å². The summed E-state index contributed by atoms with van der Waals surface area (Å²) in [6, 6.07) is 9.62. The molecule has 1 aliphatic rings. The number of carbonyl (C=O) groups excluding carboxylic acids is 1. The maximum Gasteiger partial charge on any atom is 0.408 e. The third-order valence-electron chi connectivity index (χ3n) is 3.59. The first-order chi connectivity index (χ1) is 10.9. The Kier molecular flexibility index (Phi) is 6.06. The van der Waals surface area contributed by atoms with Gasteiger partial charge >= 0.3 is 6.09 Å². The van der Waals surface area contributed by atoms with E-state index in [2.05, 4.69) is 22.5 Å². The SMILES string of the molecule is CC(C)(C)OC(=O)NC(C#Cc1ccccc1)C[C@@H]1CCNC1. The predicted molar refractivity (Wildman–Crippen MR) is 92.1 cm³/mol. The molecule has 1 amide bonds. The van der Waals surface area contributed by atoms with Gasteiger partial charge in [0.25, 0.3) is 0 Å². The van der Waals surface area contributed by atoms with Crippen molar-refractivity contribution in [3.8, 4) is 11.8 Å². The first kappa shape index (κ1) is 17.4. The zero-order valence-electron chi connectivity index (χ0n) is 14.2. The summed E-state index contributed by atoms with van der Waals surface area (Å²) in [6.45, 7) is 7.60. The smallest absolute Gasteiger partial charge is 0.408 e. The van der Waals surface area contributed by atoms with Crippen molar-refractivity contribution < 1.29 is 9.53 Å². The zero-order chi connectivity index (χ0) is 16.7. The minimum absolute atomic E-state index is 0.199. The van der Waals surface area contributed by atoms with Gasteiger partial charge in [0.2, 0.25) is 0 Å². The lowest BCUT2D eigenvalue weighted by molar-refractivity contribution is 0.0512. The van der Waals surface area contributed by atoms with Gasteiger partial charge in [-0.25, -0.2) is 4.79 Å². The monoisotopic (exact) mass is 314 g/mol. The van der Waals surface area contributed by atoms with Crippen molar-refractivity contribution >= 4 is 6.09 Å². The number of nitrogens with one attached hydrogen (secondary N) is 2. The topological polar surface area (TPSA) is 50.4 Å². The summed E-state index contributed by atoms with van der Waals surface area (Å²) in [5, 5.41) is 6.26. The molecule has 4 heteroatoms. The maximum atomic E-state index is 12.0. The summed E-state index contributed by atoms with van der Waals surface area (Å²) >= 11 is 0. The molecule has 2 N–H and O–H groups in total. The second-order valence-electron chi connectivity index (χ2n) is 6.93. The number of amides is 1. The zero-order valence-corrected chi connectivity index (χ0v) is 14.2. The van der Waals surface area contributed by atoms with Crippen molar-refractivity contribution in [3.05, 3.63) is 35.9 Å². The molecule has 4 nitrogen and oxygen atoms in total. The lowest BCUT2D eigenvalue weighted by atomic mass is 9.99. The van der Waals surface area contributed by atoms with E-state index in [1.807, 2.05) is 51.1 Å². The van der Waals surface area contributed by atoms with Crippen LogP contribution in [-0.2, 0) is 4.74 Å². The molecular formula is C19H26N2O2. The molecule has 0 saturated carbocycles. The van der Waals surface area contributed by atoms with Crippen molar-refractivity contribution in [1.82, 2.24) is 10.6 Å². The molecule has 1 unspecified atom stereocenters. The van der Waals surface area contributed by atoms with Gasteiger partial charge < -0.3 is 15.4 Å². The Morgan fingerprint density at radius 3 is 2.74 bits per heavy atom. The standard InChI is InChI=1S/C19H26N2O2/c1-19(2,3)23-18(22)21-17(13-16-11-12-20-14-16)10-9-15-7-5-4-6-8-15/h4-8,16-17,20H,11-14H2,1-3H3,(H,21,22)/t16-,17?/m0/s1. The molecule has 0 aromatic heterocycles. The number of alkyl carbamates (subject to hydrolysis) is 1. The van der Waals surface area contributed by atoms with Gasteiger partial charge in [-0.05, 0) is 64.8 Å². The van der Waals surface area contributed by atoms with Crippen LogP contribution < -0.4 is 10.6 Å². The molecule has 0 spiro atoms. The molecule has 1 aromatic carbocycles. The van der Waals surface area contributed by atoms with E-state index in [4.69, 9.17) is 4.74 Å². The van der Waals surface area contributed by atoms with Gasteiger partial charge in [0, 0.05) is 5.56 Å². The summed E-state index contributed by atoms with van der Waals surface area (Å²) in [5.74, 6) is 6.88. The summed E-state index contributed by atoms with van der Waals surface area (Å²) in [7, 11) is 0. The normalized spacial score (nSPS) is 18.7. The van der Waals surface area contributed by atoms with Crippen LogP contribution in [0.15, 0.2) is 30.3 Å². The first-order valence-electron chi connectivity index (χ1n) is 8.19. The van der Waals surface area contributed by atoms with E-state index in [1.54, 1.807) is 0 Å². The summed E-state index contributed by atoms with van der Waals surface area (Å²) < 4.78 is 5.35. The molecule has 1 aliphatic heterocycles. The Morgan fingerprint density at radius 1 is 1.39 bits per heavy atom. The van der Waals surface area contributed by atoms with E-state index >= 15 is 0 Å². The second-order valence-corrected chi connectivity index (χ2v) is 6.93. The number of carbonyl (C=O) groups is 1. The molecule has 124 valence electrons. The fraction of sp³-hybridized carbons (Fsp3) is 0.526. The predicted octanol–water partition coefficient (Wildman–Crippen LogP) is 2.93. The highest BCUT2D eigenvalue weighted by atomic mass is 16.6. The van der Waals surface area contributed by atoms with Crippen LogP contribution >= 0.6 is 0 Å². The van der Waals surface area contributed by atoms with E-state index in [0.717, 1.165) is 31.5 Å². The molecule has 1 aromatic rings. The Balaban J connectivity index is 2.02. The largest absolute Gasteiger partial charge is 0.444 e. The summed E-state index contributed by atoms with van der Waals surface area (Å²) in [6.07, 6.45) is 1.56. The minimum Gasteiger partial charge on any atom is -0.444 e. The Labute approximate surface area is 139 Å². The van der Waals surface area contributed by atoms with Crippen LogP contribution in [0, 0.1) is 17.8 Å². The quantitative estimate of drug-likeness (QED) is 0.844. The molecular weight excluding hydrogens is 288 g/mol. The highest BCUT2D eigenvalue weighted by molar-refractivity contribution is 5.68. The van der Waals surface area contributed by atoms with E-state index in [-0.39, 0.29) is 6.04 Å². The van der Waals surface area contributed by atoms with Gasteiger partial charge in [0.15, 0.2) is 0 Å². The second kappa shape index (κ2) is 8.03. The van der Waals surface area contributed by atoms with Gasteiger partial charge in [0.05, 0.1) is 6.04 Å². The van der Waals surface area contributed by atoms with Crippen LogP contribution in [0.2, 0.25) is 0 Å². The van der Waals surface area contributed by atoms with Crippen molar-refractivity contribution in [2.75, 3.05) is 13.1 Å². The Morgan fingerprint density at radius 2 is 2.13 bits per heavy atom. The van der Waals surface area contributed by atoms with Crippen LogP contribution in [0.1, 0.15) is 39.2 Å². The molecule has 0 radical (unpaired) electrons. The minimum atomic E-state index is -0.504. The highest BCUT2D eigenvalue weighted by Crippen LogP contribution is 2.15. The van der Waals surface area contributed by atoms with Crippen LogP contribution in [0.5, 0.6) is 0 Å². The van der Waals surface area contributed by atoms with E-state index in [9.17, 15) is 4.79 Å². The molecule has 23 heavy (non-hydrogen) atoms. The average molecular weight is 314 g/mol. The lowest BCUT2D eigenvalue weighted by Crippen LogP contribution is -2.39. The van der Waals surface area contributed by atoms with E-state index in [0.29, 0.717) is 5.92 Å². The fourth-order valence-corrected chi connectivity index (χ4v) is 2.54. The van der Waals surface area contributed by atoms with Crippen LogP contribution in [0.4, 0.5) is 4.79 Å². The maximum absolute atomic E-state index is 12.0. The number of rotatable bonds is 3.